The van der Waals surface area contributed by atoms with Gasteiger partial charge in [0, 0.05) is 22.3 Å². The highest BCUT2D eigenvalue weighted by Gasteiger charge is 2.08. The summed E-state index contributed by atoms with van der Waals surface area (Å²) in [6.07, 6.45) is 1.13. The Labute approximate surface area is 114 Å². The molecule has 18 heavy (non-hydrogen) atoms. The molecule has 0 amide bonds. The van der Waals surface area contributed by atoms with E-state index >= 15 is 0 Å². The van der Waals surface area contributed by atoms with Crippen molar-refractivity contribution in [2.45, 2.75) is 39.8 Å². The summed E-state index contributed by atoms with van der Waals surface area (Å²) in [6.45, 7) is 7.56. The molecule has 1 aromatic carbocycles. The standard InChI is InChI=1S/C16H21NS/c1-4-15-9-10-16(18-15)13(3)17-11-14-8-6-5-7-12(14)2/h5-10,13,17H,4,11H2,1-3H3. The molecule has 1 unspecified atom stereocenters. The predicted molar refractivity (Wildman–Crippen MR) is 80.1 cm³/mol. The Balaban J connectivity index is 1.96. The van der Waals surface area contributed by atoms with Gasteiger partial charge in [0.15, 0.2) is 0 Å². The average Bonchev–Trinajstić information content (AvgIpc) is 2.86. The number of hydrogen-bond acceptors (Lipinski definition) is 2. The Kier molecular flexibility index (Phi) is 4.56. The summed E-state index contributed by atoms with van der Waals surface area (Å²) in [4.78, 5) is 2.90. The summed E-state index contributed by atoms with van der Waals surface area (Å²) >= 11 is 1.92. The Morgan fingerprint density at radius 1 is 1.17 bits per heavy atom. The van der Waals surface area contributed by atoms with Crippen molar-refractivity contribution in [2.24, 2.45) is 0 Å². The van der Waals surface area contributed by atoms with Crippen molar-refractivity contribution >= 4 is 11.3 Å². The molecule has 0 aliphatic rings. The first-order valence-corrected chi connectivity index (χ1v) is 7.39. The fraction of sp³-hybridized carbons (Fsp3) is 0.375. The van der Waals surface area contributed by atoms with Gasteiger partial charge >= 0.3 is 0 Å². The lowest BCUT2D eigenvalue weighted by atomic mass is 10.1. The molecular weight excluding hydrogens is 238 g/mol. The van der Waals surface area contributed by atoms with Crippen LogP contribution in [0.4, 0.5) is 0 Å². The largest absolute Gasteiger partial charge is 0.305 e. The summed E-state index contributed by atoms with van der Waals surface area (Å²) in [5.41, 5.74) is 2.74. The lowest BCUT2D eigenvalue weighted by Gasteiger charge is -2.13. The molecule has 2 heteroatoms. The number of aryl methyl sites for hydroxylation is 2. The zero-order chi connectivity index (χ0) is 13.0. The van der Waals surface area contributed by atoms with Gasteiger partial charge in [0.2, 0.25) is 0 Å². The highest BCUT2D eigenvalue weighted by molar-refractivity contribution is 7.12. The van der Waals surface area contributed by atoms with Gasteiger partial charge in [0.25, 0.3) is 0 Å². The van der Waals surface area contributed by atoms with E-state index < -0.39 is 0 Å². The normalized spacial score (nSPS) is 12.6. The minimum absolute atomic E-state index is 0.426. The van der Waals surface area contributed by atoms with E-state index in [4.69, 9.17) is 0 Å². The lowest BCUT2D eigenvalue weighted by Crippen LogP contribution is -2.17. The van der Waals surface area contributed by atoms with E-state index in [0.29, 0.717) is 6.04 Å². The first-order chi connectivity index (χ1) is 8.70. The Morgan fingerprint density at radius 3 is 2.61 bits per heavy atom. The van der Waals surface area contributed by atoms with Crippen LogP contribution >= 0.6 is 11.3 Å². The quantitative estimate of drug-likeness (QED) is 0.835. The molecule has 0 bridgehead atoms. The monoisotopic (exact) mass is 259 g/mol. The van der Waals surface area contributed by atoms with E-state index in [1.807, 2.05) is 11.3 Å². The lowest BCUT2D eigenvalue weighted by molar-refractivity contribution is 0.581. The van der Waals surface area contributed by atoms with Crippen molar-refractivity contribution in [1.29, 1.82) is 0 Å². The van der Waals surface area contributed by atoms with Crippen LogP contribution in [0.2, 0.25) is 0 Å². The number of nitrogens with one attached hydrogen (secondary N) is 1. The SMILES string of the molecule is CCc1ccc(C(C)NCc2ccccc2C)s1. The predicted octanol–water partition coefficient (Wildman–Crippen LogP) is 4.47. The molecule has 1 atom stereocenters. The van der Waals surface area contributed by atoms with Crippen LogP contribution in [0.1, 0.15) is 40.8 Å². The Morgan fingerprint density at radius 2 is 1.94 bits per heavy atom. The van der Waals surface area contributed by atoms with Crippen molar-refractivity contribution < 1.29 is 0 Å². The van der Waals surface area contributed by atoms with Gasteiger partial charge in [0.05, 0.1) is 0 Å². The van der Waals surface area contributed by atoms with Crippen molar-refractivity contribution in [2.75, 3.05) is 0 Å². The smallest absolute Gasteiger partial charge is 0.0388 e. The summed E-state index contributed by atoms with van der Waals surface area (Å²) < 4.78 is 0. The number of hydrogen-bond donors (Lipinski definition) is 1. The van der Waals surface area contributed by atoms with Crippen LogP contribution in [0.15, 0.2) is 36.4 Å². The zero-order valence-electron chi connectivity index (χ0n) is 11.4. The Hall–Kier alpha value is -1.12. The third kappa shape index (κ3) is 3.21. The number of benzene rings is 1. The maximum atomic E-state index is 3.60. The second-order valence-electron chi connectivity index (χ2n) is 4.69. The minimum atomic E-state index is 0.426. The number of rotatable bonds is 5. The van der Waals surface area contributed by atoms with Crippen LogP contribution in [0.5, 0.6) is 0 Å². The van der Waals surface area contributed by atoms with Gasteiger partial charge < -0.3 is 5.32 Å². The van der Waals surface area contributed by atoms with E-state index in [-0.39, 0.29) is 0 Å². The van der Waals surface area contributed by atoms with E-state index in [1.165, 1.54) is 20.9 Å². The van der Waals surface area contributed by atoms with Gasteiger partial charge in [-0.3, -0.25) is 0 Å². The van der Waals surface area contributed by atoms with E-state index in [2.05, 4.69) is 62.5 Å². The van der Waals surface area contributed by atoms with Crippen LogP contribution in [-0.2, 0) is 13.0 Å². The molecule has 96 valence electrons. The molecular formula is C16H21NS. The summed E-state index contributed by atoms with van der Waals surface area (Å²) in [6, 6.07) is 13.5. The maximum absolute atomic E-state index is 3.60. The molecule has 0 spiro atoms. The minimum Gasteiger partial charge on any atom is -0.305 e. The van der Waals surface area contributed by atoms with Crippen LogP contribution in [0.25, 0.3) is 0 Å². The second-order valence-corrected chi connectivity index (χ2v) is 5.89. The van der Waals surface area contributed by atoms with E-state index in [0.717, 1.165) is 13.0 Å². The molecule has 0 aliphatic carbocycles. The third-order valence-corrected chi connectivity index (χ3v) is 4.73. The number of thiophene rings is 1. The molecule has 1 heterocycles. The summed E-state index contributed by atoms with van der Waals surface area (Å²) in [5, 5.41) is 3.60. The molecule has 0 fully saturated rings. The van der Waals surface area contributed by atoms with E-state index in [1.54, 1.807) is 0 Å². The first-order valence-electron chi connectivity index (χ1n) is 6.57. The van der Waals surface area contributed by atoms with Crippen LogP contribution in [0.3, 0.4) is 0 Å². The summed E-state index contributed by atoms with van der Waals surface area (Å²) in [5.74, 6) is 0. The topological polar surface area (TPSA) is 12.0 Å². The molecule has 0 aliphatic heterocycles. The third-order valence-electron chi connectivity index (χ3n) is 3.32. The van der Waals surface area contributed by atoms with Crippen molar-refractivity contribution in [3.63, 3.8) is 0 Å². The average molecular weight is 259 g/mol. The van der Waals surface area contributed by atoms with Crippen molar-refractivity contribution in [1.82, 2.24) is 5.32 Å². The van der Waals surface area contributed by atoms with Gasteiger partial charge in [-0.05, 0) is 43.5 Å². The van der Waals surface area contributed by atoms with Crippen molar-refractivity contribution in [3.8, 4) is 0 Å². The van der Waals surface area contributed by atoms with Gasteiger partial charge in [-0.1, -0.05) is 31.2 Å². The molecule has 2 rings (SSSR count). The van der Waals surface area contributed by atoms with Crippen molar-refractivity contribution in [3.05, 3.63) is 57.3 Å². The van der Waals surface area contributed by atoms with Crippen LogP contribution in [0, 0.1) is 6.92 Å². The highest BCUT2D eigenvalue weighted by atomic mass is 32.1. The Bertz CT molecular complexity index is 501. The summed E-state index contributed by atoms with van der Waals surface area (Å²) in [7, 11) is 0. The molecule has 1 nitrogen and oxygen atoms in total. The fourth-order valence-corrected chi connectivity index (χ4v) is 2.97. The van der Waals surface area contributed by atoms with Crippen LogP contribution < -0.4 is 5.32 Å². The molecule has 0 saturated heterocycles. The molecule has 0 radical (unpaired) electrons. The highest BCUT2D eigenvalue weighted by Crippen LogP contribution is 2.23. The molecule has 1 aromatic heterocycles. The van der Waals surface area contributed by atoms with E-state index in [9.17, 15) is 0 Å². The fourth-order valence-electron chi connectivity index (χ4n) is 1.99. The van der Waals surface area contributed by atoms with Gasteiger partial charge in [-0.2, -0.15) is 0 Å². The van der Waals surface area contributed by atoms with Gasteiger partial charge in [-0.15, -0.1) is 11.3 Å². The van der Waals surface area contributed by atoms with Gasteiger partial charge in [-0.25, -0.2) is 0 Å². The molecule has 1 N–H and O–H groups in total. The van der Waals surface area contributed by atoms with Gasteiger partial charge in [0.1, 0.15) is 0 Å². The first kappa shape index (κ1) is 13.3. The molecule has 2 aromatic rings. The molecule has 0 saturated carbocycles. The van der Waals surface area contributed by atoms with Crippen LogP contribution in [-0.4, -0.2) is 0 Å². The maximum Gasteiger partial charge on any atom is 0.0388 e. The zero-order valence-corrected chi connectivity index (χ0v) is 12.2. The second kappa shape index (κ2) is 6.17.